The Kier molecular flexibility index (Phi) is 4.42. The third-order valence-electron chi connectivity index (χ3n) is 2.93. The number of benzene rings is 2. The summed E-state index contributed by atoms with van der Waals surface area (Å²) in [7, 11) is 0. The summed E-state index contributed by atoms with van der Waals surface area (Å²) in [5.41, 5.74) is 2.01. The molecule has 2 rings (SSSR count). The van der Waals surface area contributed by atoms with Gasteiger partial charge in [-0.2, -0.15) is 5.26 Å². The standard InChI is InChI=1S/C17H12ClNO2/c1-11-3-2-4-13(7-11)17(21)14(10-19)8-12-5-6-16(20)15(18)9-12/h2-9,20H,1H3/b14-8-. The quantitative estimate of drug-likeness (QED) is 0.526. The van der Waals surface area contributed by atoms with Gasteiger partial charge in [-0.1, -0.05) is 41.4 Å². The average molecular weight is 298 g/mol. The maximum atomic E-state index is 12.3. The molecule has 0 unspecified atom stereocenters. The number of allylic oxidation sites excluding steroid dienone is 1. The van der Waals surface area contributed by atoms with E-state index in [9.17, 15) is 15.2 Å². The third-order valence-corrected chi connectivity index (χ3v) is 3.23. The van der Waals surface area contributed by atoms with Crippen LogP contribution in [-0.4, -0.2) is 10.9 Å². The number of halogens is 1. The van der Waals surface area contributed by atoms with Gasteiger partial charge in [0.2, 0.25) is 5.78 Å². The molecule has 0 spiro atoms. The number of nitriles is 1. The molecular weight excluding hydrogens is 286 g/mol. The van der Waals surface area contributed by atoms with Gasteiger partial charge in [0.05, 0.1) is 5.02 Å². The Morgan fingerprint density at radius 3 is 2.67 bits per heavy atom. The van der Waals surface area contributed by atoms with E-state index < -0.39 is 0 Å². The van der Waals surface area contributed by atoms with Gasteiger partial charge in [-0.15, -0.1) is 0 Å². The van der Waals surface area contributed by atoms with Gasteiger partial charge in [-0.05, 0) is 36.8 Å². The molecule has 104 valence electrons. The summed E-state index contributed by atoms with van der Waals surface area (Å²) in [6.45, 7) is 1.88. The molecule has 0 fully saturated rings. The van der Waals surface area contributed by atoms with E-state index in [1.165, 1.54) is 18.2 Å². The predicted molar refractivity (Wildman–Crippen MR) is 82.2 cm³/mol. The van der Waals surface area contributed by atoms with Gasteiger partial charge in [0.25, 0.3) is 0 Å². The van der Waals surface area contributed by atoms with Crippen molar-refractivity contribution in [3.63, 3.8) is 0 Å². The second-order valence-corrected chi connectivity index (χ2v) is 4.99. The smallest absolute Gasteiger partial charge is 0.203 e. The fourth-order valence-corrected chi connectivity index (χ4v) is 2.06. The van der Waals surface area contributed by atoms with Gasteiger partial charge in [-0.3, -0.25) is 4.79 Å². The average Bonchev–Trinajstić information content (AvgIpc) is 2.47. The molecule has 0 aliphatic carbocycles. The third kappa shape index (κ3) is 3.50. The zero-order chi connectivity index (χ0) is 15.4. The number of nitrogens with zero attached hydrogens (tertiary/aromatic N) is 1. The maximum Gasteiger partial charge on any atom is 0.203 e. The first-order valence-electron chi connectivity index (χ1n) is 6.23. The van der Waals surface area contributed by atoms with Gasteiger partial charge < -0.3 is 5.11 Å². The number of phenolic OH excluding ortho intramolecular Hbond substituents is 1. The highest BCUT2D eigenvalue weighted by molar-refractivity contribution is 6.32. The molecule has 0 radical (unpaired) electrons. The number of hydrogen-bond donors (Lipinski definition) is 1. The first kappa shape index (κ1) is 14.8. The van der Waals surface area contributed by atoms with E-state index >= 15 is 0 Å². The predicted octanol–water partition coefficient (Wildman–Crippen LogP) is 4.14. The lowest BCUT2D eigenvalue weighted by molar-refractivity contribution is 0.104. The van der Waals surface area contributed by atoms with Gasteiger partial charge in [0.15, 0.2) is 0 Å². The summed E-state index contributed by atoms with van der Waals surface area (Å²) in [5, 5.41) is 18.7. The highest BCUT2D eigenvalue weighted by Gasteiger charge is 2.12. The van der Waals surface area contributed by atoms with Crippen molar-refractivity contribution in [1.29, 1.82) is 5.26 Å². The summed E-state index contributed by atoms with van der Waals surface area (Å²) >= 11 is 5.81. The number of Topliss-reactive ketones (excluding diaryl/α,β-unsaturated/α-hetero) is 1. The number of carbonyl (C=O) groups is 1. The van der Waals surface area contributed by atoms with Gasteiger partial charge in [-0.25, -0.2) is 0 Å². The van der Waals surface area contributed by atoms with Gasteiger partial charge in [0.1, 0.15) is 17.4 Å². The molecule has 21 heavy (non-hydrogen) atoms. The molecule has 2 aromatic rings. The van der Waals surface area contributed by atoms with E-state index in [-0.39, 0.29) is 22.1 Å². The fourth-order valence-electron chi connectivity index (χ4n) is 1.87. The van der Waals surface area contributed by atoms with Crippen LogP contribution in [0.1, 0.15) is 21.5 Å². The molecule has 0 heterocycles. The molecule has 0 saturated carbocycles. The Morgan fingerprint density at radius 1 is 1.29 bits per heavy atom. The van der Waals surface area contributed by atoms with Crippen LogP contribution in [0, 0.1) is 18.3 Å². The van der Waals surface area contributed by atoms with Crippen LogP contribution in [0.5, 0.6) is 5.75 Å². The molecule has 3 nitrogen and oxygen atoms in total. The summed E-state index contributed by atoms with van der Waals surface area (Å²) in [5.74, 6) is -0.386. The molecule has 0 saturated heterocycles. The number of aryl methyl sites for hydroxylation is 1. The van der Waals surface area contributed by atoms with Crippen molar-refractivity contribution in [3.8, 4) is 11.8 Å². The lowest BCUT2D eigenvalue weighted by atomic mass is 10.0. The Bertz CT molecular complexity index is 773. The number of carbonyl (C=O) groups excluding carboxylic acids is 1. The second kappa shape index (κ2) is 6.25. The van der Waals surface area contributed by atoms with E-state index in [0.29, 0.717) is 11.1 Å². The second-order valence-electron chi connectivity index (χ2n) is 4.58. The molecular formula is C17H12ClNO2. The SMILES string of the molecule is Cc1cccc(C(=O)/C(C#N)=C\c2ccc(O)c(Cl)c2)c1. The van der Waals surface area contributed by atoms with Crippen molar-refractivity contribution in [2.75, 3.05) is 0 Å². The number of rotatable bonds is 3. The summed E-state index contributed by atoms with van der Waals surface area (Å²) < 4.78 is 0. The minimum Gasteiger partial charge on any atom is -0.506 e. The summed E-state index contributed by atoms with van der Waals surface area (Å²) in [6, 6.07) is 13.5. The van der Waals surface area contributed by atoms with Crippen molar-refractivity contribution < 1.29 is 9.90 Å². The van der Waals surface area contributed by atoms with E-state index in [0.717, 1.165) is 5.56 Å². The fraction of sp³-hybridized carbons (Fsp3) is 0.0588. The summed E-state index contributed by atoms with van der Waals surface area (Å²) in [4.78, 5) is 12.3. The molecule has 0 aromatic heterocycles. The van der Waals surface area contributed by atoms with E-state index in [1.54, 1.807) is 24.3 Å². The molecule has 2 aromatic carbocycles. The van der Waals surface area contributed by atoms with Crippen molar-refractivity contribution in [1.82, 2.24) is 0 Å². The highest BCUT2D eigenvalue weighted by atomic mass is 35.5. The first-order chi connectivity index (χ1) is 10.0. The summed E-state index contributed by atoms with van der Waals surface area (Å²) in [6.07, 6.45) is 1.45. The Hall–Kier alpha value is -2.57. The molecule has 0 amide bonds. The van der Waals surface area contributed by atoms with Crippen LogP contribution in [0.3, 0.4) is 0 Å². The van der Waals surface area contributed by atoms with Crippen molar-refractivity contribution >= 4 is 23.5 Å². The minimum absolute atomic E-state index is 0.0161. The van der Waals surface area contributed by atoms with Gasteiger partial charge >= 0.3 is 0 Å². The van der Waals surface area contributed by atoms with Crippen LogP contribution >= 0.6 is 11.6 Å². The number of aromatic hydroxyl groups is 1. The number of hydrogen-bond acceptors (Lipinski definition) is 3. The van der Waals surface area contributed by atoms with Crippen LogP contribution in [0.2, 0.25) is 5.02 Å². The van der Waals surface area contributed by atoms with E-state index in [1.807, 2.05) is 19.1 Å². The normalized spacial score (nSPS) is 11.0. The zero-order valence-electron chi connectivity index (χ0n) is 11.3. The van der Waals surface area contributed by atoms with Crippen LogP contribution < -0.4 is 0 Å². The Balaban J connectivity index is 2.39. The zero-order valence-corrected chi connectivity index (χ0v) is 12.1. The number of phenols is 1. The highest BCUT2D eigenvalue weighted by Crippen LogP contribution is 2.25. The Morgan fingerprint density at radius 2 is 2.05 bits per heavy atom. The van der Waals surface area contributed by atoms with Crippen LogP contribution in [0.25, 0.3) is 6.08 Å². The lowest BCUT2D eigenvalue weighted by Crippen LogP contribution is -2.02. The van der Waals surface area contributed by atoms with Crippen LogP contribution in [0.15, 0.2) is 48.0 Å². The molecule has 0 atom stereocenters. The largest absolute Gasteiger partial charge is 0.506 e. The van der Waals surface area contributed by atoms with Gasteiger partial charge in [0, 0.05) is 5.56 Å². The molecule has 4 heteroatoms. The van der Waals surface area contributed by atoms with Crippen LogP contribution in [0.4, 0.5) is 0 Å². The molecule has 0 bridgehead atoms. The van der Waals surface area contributed by atoms with Crippen molar-refractivity contribution in [3.05, 3.63) is 69.8 Å². The topological polar surface area (TPSA) is 61.1 Å². The maximum absolute atomic E-state index is 12.3. The molecule has 0 aliphatic heterocycles. The monoisotopic (exact) mass is 297 g/mol. The van der Waals surface area contributed by atoms with Crippen LogP contribution in [-0.2, 0) is 0 Å². The lowest BCUT2D eigenvalue weighted by Gasteiger charge is -2.02. The van der Waals surface area contributed by atoms with E-state index in [2.05, 4.69) is 0 Å². The van der Waals surface area contributed by atoms with Crippen molar-refractivity contribution in [2.24, 2.45) is 0 Å². The first-order valence-corrected chi connectivity index (χ1v) is 6.61. The molecule has 0 aliphatic rings. The van der Waals surface area contributed by atoms with Crippen molar-refractivity contribution in [2.45, 2.75) is 6.92 Å². The number of ketones is 1. The Labute approximate surface area is 127 Å². The van der Waals surface area contributed by atoms with E-state index in [4.69, 9.17) is 11.6 Å². The molecule has 1 N–H and O–H groups in total. The minimum atomic E-state index is -0.342.